The summed E-state index contributed by atoms with van der Waals surface area (Å²) in [6.45, 7) is 3.78. The predicted molar refractivity (Wildman–Crippen MR) is 107 cm³/mol. The molecule has 0 saturated heterocycles. The molecule has 2 aromatic rings. The smallest absolute Gasteiger partial charge is 0.326 e. The van der Waals surface area contributed by atoms with Gasteiger partial charge in [0.1, 0.15) is 12.1 Å². The molecule has 3 N–H and O–H groups in total. The van der Waals surface area contributed by atoms with E-state index in [1.807, 2.05) is 44.2 Å². The fraction of sp³-hybridized carbons (Fsp3) is 0.318. The molecule has 6 heteroatoms. The zero-order chi connectivity index (χ0) is 20.5. The largest absolute Gasteiger partial charge is 0.480 e. The standard InChI is InChI=1S/C22H26N2O4/c1-15(2)13-19(22(27)28)24-21(26)18(14-16-9-5-3-6-10-16)23-20(25)17-11-7-4-8-12-17/h3-12,15,18-19H,13-14H2,1-2H3,(H,23,25)(H,24,26)(H,27,28)/t18?,19-/m1/s1. The van der Waals surface area contributed by atoms with Crippen LogP contribution < -0.4 is 10.6 Å². The molecule has 1 unspecified atom stereocenters. The molecule has 28 heavy (non-hydrogen) atoms. The number of carboxylic acids is 1. The van der Waals surface area contributed by atoms with Gasteiger partial charge < -0.3 is 15.7 Å². The van der Waals surface area contributed by atoms with Crippen LogP contribution in [0.4, 0.5) is 0 Å². The Morgan fingerprint density at radius 1 is 0.857 bits per heavy atom. The molecule has 2 amide bonds. The van der Waals surface area contributed by atoms with Crippen molar-refractivity contribution in [3.63, 3.8) is 0 Å². The van der Waals surface area contributed by atoms with Crippen LogP contribution in [0, 0.1) is 5.92 Å². The lowest BCUT2D eigenvalue weighted by atomic mass is 10.0. The Labute approximate surface area is 165 Å². The molecule has 0 radical (unpaired) electrons. The van der Waals surface area contributed by atoms with Gasteiger partial charge in [0.05, 0.1) is 0 Å². The van der Waals surface area contributed by atoms with Crippen LogP contribution in [0.5, 0.6) is 0 Å². The normalized spacial score (nSPS) is 12.8. The topological polar surface area (TPSA) is 95.5 Å². The van der Waals surface area contributed by atoms with E-state index in [9.17, 15) is 19.5 Å². The summed E-state index contributed by atoms with van der Waals surface area (Å²) in [4.78, 5) is 36.9. The first-order valence-electron chi connectivity index (χ1n) is 9.30. The summed E-state index contributed by atoms with van der Waals surface area (Å²) < 4.78 is 0. The van der Waals surface area contributed by atoms with Crippen LogP contribution in [0.1, 0.15) is 36.2 Å². The summed E-state index contributed by atoms with van der Waals surface area (Å²) in [5.41, 5.74) is 1.30. The SMILES string of the molecule is CC(C)C[C@@H](NC(=O)C(Cc1ccccc1)NC(=O)c1ccccc1)C(=O)O. The Bertz CT molecular complexity index is 791. The third-order valence-electron chi connectivity index (χ3n) is 4.26. The highest BCUT2D eigenvalue weighted by atomic mass is 16.4. The maximum atomic E-state index is 12.8. The summed E-state index contributed by atoms with van der Waals surface area (Å²) in [7, 11) is 0. The second kappa shape index (κ2) is 10.3. The van der Waals surface area contributed by atoms with Crippen LogP contribution in [0.15, 0.2) is 60.7 Å². The van der Waals surface area contributed by atoms with E-state index in [0.717, 1.165) is 5.56 Å². The fourth-order valence-corrected chi connectivity index (χ4v) is 2.86. The number of rotatable bonds is 9. The average Bonchev–Trinajstić information content (AvgIpc) is 2.68. The van der Waals surface area contributed by atoms with Gasteiger partial charge in [0.2, 0.25) is 5.91 Å². The van der Waals surface area contributed by atoms with Crippen molar-refractivity contribution in [1.82, 2.24) is 10.6 Å². The first kappa shape index (κ1) is 21.2. The maximum Gasteiger partial charge on any atom is 0.326 e. The van der Waals surface area contributed by atoms with Crippen LogP contribution in [-0.2, 0) is 16.0 Å². The molecule has 0 saturated carbocycles. The highest BCUT2D eigenvalue weighted by Gasteiger charge is 2.27. The molecule has 0 heterocycles. The van der Waals surface area contributed by atoms with E-state index in [1.165, 1.54) is 0 Å². The number of carbonyl (C=O) groups is 3. The van der Waals surface area contributed by atoms with Crippen LogP contribution in [-0.4, -0.2) is 35.0 Å². The van der Waals surface area contributed by atoms with Gasteiger partial charge in [-0.15, -0.1) is 0 Å². The summed E-state index contributed by atoms with van der Waals surface area (Å²) >= 11 is 0. The van der Waals surface area contributed by atoms with Crippen LogP contribution in [0.25, 0.3) is 0 Å². The van der Waals surface area contributed by atoms with Crippen molar-refractivity contribution in [1.29, 1.82) is 0 Å². The number of benzene rings is 2. The van der Waals surface area contributed by atoms with Crippen molar-refractivity contribution in [2.24, 2.45) is 5.92 Å². The third kappa shape index (κ3) is 6.54. The molecular weight excluding hydrogens is 356 g/mol. The summed E-state index contributed by atoms with van der Waals surface area (Å²) in [5.74, 6) is -1.88. The Morgan fingerprint density at radius 3 is 1.96 bits per heavy atom. The molecule has 2 atom stereocenters. The zero-order valence-electron chi connectivity index (χ0n) is 16.1. The lowest BCUT2D eigenvalue weighted by Gasteiger charge is -2.22. The molecule has 0 fully saturated rings. The second-order valence-electron chi connectivity index (χ2n) is 7.11. The summed E-state index contributed by atoms with van der Waals surface area (Å²) in [5, 5.41) is 14.7. The average molecular weight is 382 g/mol. The monoisotopic (exact) mass is 382 g/mol. The molecule has 0 aliphatic carbocycles. The van der Waals surface area contributed by atoms with Gasteiger partial charge >= 0.3 is 5.97 Å². The quantitative estimate of drug-likeness (QED) is 0.621. The summed E-state index contributed by atoms with van der Waals surface area (Å²) in [6.07, 6.45) is 0.574. The van der Waals surface area contributed by atoms with Crippen molar-refractivity contribution in [2.75, 3.05) is 0 Å². The van der Waals surface area contributed by atoms with Crippen molar-refractivity contribution < 1.29 is 19.5 Å². The van der Waals surface area contributed by atoms with E-state index < -0.39 is 24.0 Å². The Morgan fingerprint density at radius 2 is 1.43 bits per heavy atom. The minimum Gasteiger partial charge on any atom is -0.480 e. The molecule has 0 aliphatic heterocycles. The summed E-state index contributed by atoms with van der Waals surface area (Å²) in [6, 6.07) is 16.0. The van der Waals surface area contributed by atoms with E-state index in [1.54, 1.807) is 30.3 Å². The fourth-order valence-electron chi connectivity index (χ4n) is 2.86. The lowest BCUT2D eigenvalue weighted by molar-refractivity contribution is -0.142. The molecular formula is C22H26N2O4. The predicted octanol–water partition coefficient (Wildman–Crippen LogP) is 2.64. The Kier molecular flexibility index (Phi) is 7.75. The molecule has 2 rings (SSSR count). The molecule has 0 spiro atoms. The van der Waals surface area contributed by atoms with Gasteiger partial charge in [0.15, 0.2) is 0 Å². The number of hydrogen-bond donors (Lipinski definition) is 3. The Balaban J connectivity index is 2.17. The van der Waals surface area contributed by atoms with Gasteiger partial charge in [-0.3, -0.25) is 9.59 Å². The van der Waals surface area contributed by atoms with Crippen molar-refractivity contribution in [3.05, 3.63) is 71.8 Å². The molecule has 0 aromatic heterocycles. The lowest BCUT2D eigenvalue weighted by Crippen LogP contribution is -2.52. The van der Waals surface area contributed by atoms with Gasteiger partial charge in [-0.05, 0) is 30.0 Å². The van der Waals surface area contributed by atoms with E-state index in [0.29, 0.717) is 12.0 Å². The van der Waals surface area contributed by atoms with Gasteiger partial charge in [-0.2, -0.15) is 0 Å². The van der Waals surface area contributed by atoms with Crippen LogP contribution in [0.2, 0.25) is 0 Å². The maximum absolute atomic E-state index is 12.8. The van der Waals surface area contributed by atoms with E-state index in [2.05, 4.69) is 10.6 Å². The third-order valence-corrected chi connectivity index (χ3v) is 4.26. The number of carboxylic acid groups (broad SMARTS) is 1. The van der Waals surface area contributed by atoms with Gasteiger partial charge in [-0.25, -0.2) is 4.79 Å². The molecule has 0 bridgehead atoms. The first-order valence-corrected chi connectivity index (χ1v) is 9.30. The van der Waals surface area contributed by atoms with Gasteiger partial charge in [0.25, 0.3) is 5.91 Å². The Hall–Kier alpha value is -3.15. The van der Waals surface area contributed by atoms with E-state index >= 15 is 0 Å². The number of nitrogens with one attached hydrogen (secondary N) is 2. The van der Waals surface area contributed by atoms with E-state index in [4.69, 9.17) is 0 Å². The van der Waals surface area contributed by atoms with Crippen LogP contribution >= 0.6 is 0 Å². The highest BCUT2D eigenvalue weighted by Crippen LogP contribution is 2.09. The minimum absolute atomic E-state index is 0.105. The van der Waals surface area contributed by atoms with Gasteiger partial charge in [-0.1, -0.05) is 62.4 Å². The van der Waals surface area contributed by atoms with Gasteiger partial charge in [0, 0.05) is 12.0 Å². The first-order chi connectivity index (χ1) is 13.4. The van der Waals surface area contributed by atoms with Crippen molar-refractivity contribution in [2.45, 2.75) is 38.8 Å². The number of hydrogen-bond acceptors (Lipinski definition) is 3. The zero-order valence-corrected chi connectivity index (χ0v) is 16.1. The number of carbonyl (C=O) groups excluding carboxylic acids is 2. The van der Waals surface area contributed by atoms with Crippen LogP contribution in [0.3, 0.4) is 0 Å². The molecule has 6 nitrogen and oxygen atoms in total. The van der Waals surface area contributed by atoms with Crippen molar-refractivity contribution >= 4 is 17.8 Å². The molecule has 2 aromatic carbocycles. The number of aliphatic carboxylic acids is 1. The minimum atomic E-state index is -1.09. The second-order valence-corrected chi connectivity index (χ2v) is 7.11. The number of amides is 2. The molecule has 148 valence electrons. The van der Waals surface area contributed by atoms with E-state index in [-0.39, 0.29) is 18.2 Å². The highest BCUT2D eigenvalue weighted by molar-refractivity contribution is 5.98. The van der Waals surface area contributed by atoms with Crippen molar-refractivity contribution in [3.8, 4) is 0 Å². The molecule has 0 aliphatic rings.